The summed E-state index contributed by atoms with van der Waals surface area (Å²) >= 11 is 1.52. The molecule has 1 aromatic rings. The molecule has 1 aliphatic rings. The average Bonchev–Trinajstić information content (AvgIpc) is 2.79. The van der Waals surface area contributed by atoms with Crippen LogP contribution in [0.25, 0.3) is 0 Å². The molecule has 78 valence electrons. The zero-order valence-electron chi connectivity index (χ0n) is 7.69. The highest BCUT2D eigenvalue weighted by Crippen LogP contribution is 2.01. The first-order chi connectivity index (χ1) is 7.25. The quantitative estimate of drug-likeness (QED) is 0.665. The summed E-state index contributed by atoms with van der Waals surface area (Å²) in [6.45, 7) is 0.486. The van der Waals surface area contributed by atoms with Gasteiger partial charge in [0.1, 0.15) is 0 Å². The third-order valence-electron chi connectivity index (χ3n) is 1.79. The van der Waals surface area contributed by atoms with Gasteiger partial charge in [-0.25, -0.2) is 4.98 Å². The Hall–Kier alpha value is -1.76. The maximum atomic E-state index is 10.8. The minimum atomic E-state index is -0.664. The molecule has 0 unspecified atom stereocenters. The van der Waals surface area contributed by atoms with Gasteiger partial charge in [0.05, 0.1) is 11.2 Å². The molecule has 1 fully saturated rings. The molecule has 1 aliphatic heterocycles. The van der Waals surface area contributed by atoms with Crippen LogP contribution in [-0.4, -0.2) is 29.3 Å². The summed E-state index contributed by atoms with van der Waals surface area (Å²) in [6, 6.07) is 0. The van der Waals surface area contributed by atoms with E-state index in [1.165, 1.54) is 11.3 Å². The number of carbonyl (C=O) groups excluding carboxylic acids is 2. The second-order valence-electron chi connectivity index (χ2n) is 2.87. The number of nitrogens with one attached hydrogen (secondary N) is 2. The van der Waals surface area contributed by atoms with E-state index in [0.717, 1.165) is 5.69 Å². The van der Waals surface area contributed by atoms with Crippen molar-refractivity contribution in [1.29, 1.82) is 0 Å². The van der Waals surface area contributed by atoms with Crippen LogP contribution in [-0.2, 0) is 16.0 Å². The first-order valence-corrected chi connectivity index (χ1v) is 5.24. The summed E-state index contributed by atoms with van der Waals surface area (Å²) in [7, 11) is 0. The normalized spacial score (nSPS) is 15.1. The topological polar surface area (TPSA) is 83.4 Å². The summed E-state index contributed by atoms with van der Waals surface area (Å²) in [4.78, 5) is 29.6. The van der Waals surface area contributed by atoms with Crippen molar-refractivity contribution in [2.45, 2.75) is 6.42 Å². The monoisotopic (exact) mass is 224 g/mol. The highest BCUT2D eigenvalue weighted by Gasteiger charge is 2.24. The van der Waals surface area contributed by atoms with E-state index < -0.39 is 11.8 Å². The number of guanidine groups is 1. The molecule has 0 spiro atoms. The molecular weight excluding hydrogens is 216 g/mol. The lowest BCUT2D eigenvalue weighted by Crippen LogP contribution is -2.26. The number of hydrogen-bond donors (Lipinski definition) is 2. The summed E-state index contributed by atoms with van der Waals surface area (Å²) < 4.78 is 0. The van der Waals surface area contributed by atoms with E-state index in [-0.39, 0.29) is 5.96 Å². The molecule has 0 aliphatic carbocycles. The van der Waals surface area contributed by atoms with E-state index in [1.807, 2.05) is 5.38 Å². The van der Waals surface area contributed by atoms with E-state index >= 15 is 0 Å². The molecule has 7 heteroatoms. The van der Waals surface area contributed by atoms with Crippen LogP contribution < -0.4 is 10.6 Å². The van der Waals surface area contributed by atoms with Crippen LogP contribution in [0.4, 0.5) is 0 Å². The first kappa shape index (κ1) is 9.78. The fourth-order valence-electron chi connectivity index (χ4n) is 1.08. The molecule has 2 rings (SSSR count). The molecule has 1 aromatic heterocycles. The molecule has 6 nitrogen and oxygen atoms in total. The van der Waals surface area contributed by atoms with Crippen LogP contribution in [0.5, 0.6) is 0 Å². The third-order valence-corrected chi connectivity index (χ3v) is 2.43. The molecule has 15 heavy (non-hydrogen) atoms. The first-order valence-electron chi connectivity index (χ1n) is 4.29. The van der Waals surface area contributed by atoms with E-state index in [0.29, 0.717) is 13.0 Å². The van der Waals surface area contributed by atoms with E-state index in [1.54, 1.807) is 5.51 Å². The zero-order chi connectivity index (χ0) is 10.7. The van der Waals surface area contributed by atoms with Crippen molar-refractivity contribution in [1.82, 2.24) is 15.6 Å². The number of hydrogen-bond acceptors (Lipinski definition) is 5. The van der Waals surface area contributed by atoms with Crippen molar-refractivity contribution in [3.05, 3.63) is 16.6 Å². The number of nitrogens with zero attached hydrogens (tertiary/aromatic N) is 2. The highest BCUT2D eigenvalue weighted by molar-refractivity contribution is 7.07. The van der Waals surface area contributed by atoms with Gasteiger partial charge in [-0.1, -0.05) is 0 Å². The number of thiazole rings is 1. The predicted molar refractivity (Wildman–Crippen MR) is 54.4 cm³/mol. The van der Waals surface area contributed by atoms with Gasteiger partial charge in [0, 0.05) is 18.3 Å². The van der Waals surface area contributed by atoms with E-state index in [9.17, 15) is 9.59 Å². The number of aliphatic imine (C=N–C) groups is 1. The Bertz CT molecular complexity index is 394. The largest absolute Gasteiger partial charge is 0.316 e. The second-order valence-corrected chi connectivity index (χ2v) is 3.59. The minimum Gasteiger partial charge on any atom is -0.288 e. The van der Waals surface area contributed by atoms with Gasteiger partial charge in [0.2, 0.25) is 5.96 Å². The van der Waals surface area contributed by atoms with Crippen LogP contribution in [0.2, 0.25) is 0 Å². The van der Waals surface area contributed by atoms with Crippen LogP contribution in [0.15, 0.2) is 15.9 Å². The van der Waals surface area contributed by atoms with Crippen LogP contribution in [0.3, 0.4) is 0 Å². The van der Waals surface area contributed by atoms with Crippen LogP contribution in [0, 0.1) is 0 Å². The number of carbonyl (C=O) groups is 2. The van der Waals surface area contributed by atoms with Crippen LogP contribution in [0.1, 0.15) is 5.69 Å². The molecule has 0 radical (unpaired) electrons. The smallest absolute Gasteiger partial charge is 0.288 e. The Kier molecular flexibility index (Phi) is 2.72. The van der Waals surface area contributed by atoms with Gasteiger partial charge in [-0.05, 0) is 0 Å². The summed E-state index contributed by atoms with van der Waals surface area (Å²) in [5.74, 6) is -1.11. The Labute approximate surface area is 89.4 Å². The predicted octanol–water partition coefficient (Wildman–Crippen LogP) is -0.712. The molecule has 0 bridgehead atoms. The Morgan fingerprint density at radius 2 is 2.07 bits per heavy atom. The lowest BCUT2D eigenvalue weighted by atomic mass is 10.3. The van der Waals surface area contributed by atoms with E-state index in [2.05, 4.69) is 20.6 Å². The molecule has 0 atom stereocenters. The molecule has 2 N–H and O–H groups in total. The Balaban J connectivity index is 1.85. The Morgan fingerprint density at radius 3 is 2.67 bits per heavy atom. The lowest BCUT2D eigenvalue weighted by molar-refractivity contribution is -0.135. The molecule has 0 saturated carbocycles. The molecular formula is C8H8N4O2S. The average molecular weight is 224 g/mol. The van der Waals surface area contributed by atoms with Crippen LogP contribution >= 0.6 is 11.3 Å². The molecule has 1 saturated heterocycles. The summed E-state index contributed by atoms with van der Waals surface area (Å²) in [5, 5.41) is 6.57. The van der Waals surface area contributed by atoms with Gasteiger partial charge in [-0.3, -0.25) is 25.2 Å². The number of aromatic nitrogens is 1. The minimum absolute atomic E-state index is 0.222. The van der Waals surface area contributed by atoms with Gasteiger partial charge in [0.15, 0.2) is 0 Å². The van der Waals surface area contributed by atoms with Gasteiger partial charge in [-0.15, -0.1) is 11.3 Å². The van der Waals surface area contributed by atoms with Crippen molar-refractivity contribution in [2.75, 3.05) is 6.54 Å². The van der Waals surface area contributed by atoms with Crippen molar-refractivity contribution in [3.8, 4) is 0 Å². The number of rotatable bonds is 3. The molecule has 2 heterocycles. The SMILES string of the molecule is O=C1NC(=NCCc2cscn2)NC1=O. The summed E-state index contributed by atoms with van der Waals surface area (Å²) in [5.41, 5.74) is 2.71. The molecule has 2 amide bonds. The maximum Gasteiger partial charge on any atom is 0.316 e. The third kappa shape index (κ3) is 2.38. The lowest BCUT2D eigenvalue weighted by Gasteiger charge is -1.95. The van der Waals surface area contributed by atoms with Crippen molar-refractivity contribution >= 4 is 29.1 Å². The van der Waals surface area contributed by atoms with Gasteiger partial charge < -0.3 is 0 Å². The fourth-order valence-corrected chi connectivity index (χ4v) is 1.68. The summed E-state index contributed by atoms with van der Waals surface area (Å²) in [6.07, 6.45) is 0.693. The standard InChI is InChI=1S/C8H8N4O2S/c13-6-7(14)12-8(11-6)9-2-1-5-3-15-4-10-5/h3-4H,1-2H2,(H2,9,11,12,13,14). The van der Waals surface area contributed by atoms with Crippen molar-refractivity contribution < 1.29 is 9.59 Å². The van der Waals surface area contributed by atoms with E-state index in [4.69, 9.17) is 0 Å². The fraction of sp³-hybridized carbons (Fsp3) is 0.250. The van der Waals surface area contributed by atoms with Gasteiger partial charge in [0.25, 0.3) is 0 Å². The molecule has 0 aromatic carbocycles. The van der Waals surface area contributed by atoms with Gasteiger partial charge >= 0.3 is 11.8 Å². The van der Waals surface area contributed by atoms with Gasteiger partial charge in [-0.2, -0.15) is 0 Å². The zero-order valence-corrected chi connectivity index (χ0v) is 8.50. The second kappa shape index (κ2) is 4.18. The Morgan fingerprint density at radius 1 is 1.33 bits per heavy atom. The number of amides is 2. The van der Waals surface area contributed by atoms with Crippen molar-refractivity contribution in [2.24, 2.45) is 4.99 Å². The highest BCUT2D eigenvalue weighted by atomic mass is 32.1. The maximum absolute atomic E-state index is 10.8. The van der Waals surface area contributed by atoms with Crippen molar-refractivity contribution in [3.63, 3.8) is 0 Å².